The fraction of sp³-hybridized carbons (Fsp3) is 1.00. The first-order valence-electron chi connectivity index (χ1n) is 7.69. The van der Waals surface area contributed by atoms with Gasteiger partial charge >= 0.3 is 0 Å². The van der Waals surface area contributed by atoms with Crippen LogP contribution in [0.5, 0.6) is 0 Å². The zero-order valence-corrected chi connectivity index (χ0v) is 14.4. The zero-order valence-electron chi connectivity index (χ0n) is 14.4. The van der Waals surface area contributed by atoms with Crippen molar-refractivity contribution in [1.82, 2.24) is 15.1 Å². The molecule has 0 saturated carbocycles. The minimum atomic E-state index is 0.208. The van der Waals surface area contributed by atoms with Gasteiger partial charge in [-0.25, -0.2) is 0 Å². The van der Waals surface area contributed by atoms with Gasteiger partial charge in [-0.2, -0.15) is 0 Å². The first-order valence-corrected chi connectivity index (χ1v) is 7.69. The summed E-state index contributed by atoms with van der Waals surface area (Å²) >= 11 is 0. The quantitative estimate of drug-likeness (QED) is 0.845. The third kappa shape index (κ3) is 5.80. The number of piperazine rings is 1. The Kier molecular flexibility index (Phi) is 5.44. The molecule has 114 valence electrons. The van der Waals surface area contributed by atoms with Gasteiger partial charge in [0.2, 0.25) is 0 Å². The van der Waals surface area contributed by atoms with Crippen LogP contribution in [0.25, 0.3) is 0 Å². The third-order valence-corrected chi connectivity index (χ3v) is 4.18. The van der Waals surface area contributed by atoms with Crippen LogP contribution in [0.3, 0.4) is 0 Å². The molecular weight excluding hydrogens is 234 g/mol. The van der Waals surface area contributed by atoms with Crippen LogP contribution in [0.4, 0.5) is 0 Å². The molecule has 0 bridgehead atoms. The maximum Gasteiger partial charge on any atom is 0.0195 e. The number of nitrogens with zero attached hydrogens (tertiary/aromatic N) is 2. The highest BCUT2D eigenvalue weighted by Crippen LogP contribution is 2.21. The molecule has 3 nitrogen and oxygen atoms in total. The van der Waals surface area contributed by atoms with E-state index in [1.807, 2.05) is 0 Å². The van der Waals surface area contributed by atoms with Crippen LogP contribution in [-0.4, -0.2) is 60.6 Å². The van der Waals surface area contributed by atoms with Gasteiger partial charge in [-0.15, -0.1) is 0 Å². The molecule has 1 fully saturated rings. The Balaban J connectivity index is 2.49. The predicted molar refractivity (Wildman–Crippen MR) is 84.7 cm³/mol. The average Bonchev–Trinajstić information content (AvgIpc) is 2.22. The summed E-state index contributed by atoms with van der Waals surface area (Å²) in [6, 6.07) is 1.32. The number of likely N-dealkylation sites (N-methyl/N-ethyl adjacent to an activating group) is 1. The van der Waals surface area contributed by atoms with Crippen LogP contribution in [0.1, 0.15) is 48.5 Å². The van der Waals surface area contributed by atoms with E-state index in [4.69, 9.17) is 0 Å². The summed E-state index contributed by atoms with van der Waals surface area (Å²) < 4.78 is 0. The molecule has 0 aliphatic carbocycles. The Hall–Kier alpha value is -0.120. The summed E-state index contributed by atoms with van der Waals surface area (Å²) in [5.74, 6) is 0. The summed E-state index contributed by atoms with van der Waals surface area (Å²) in [6.07, 6.45) is 0. The minimum absolute atomic E-state index is 0.208. The van der Waals surface area contributed by atoms with E-state index in [0.29, 0.717) is 17.5 Å². The van der Waals surface area contributed by atoms with Crippen LogP contribution >= 0.6 is 0 Å². The Labute approximate surface area is 120 Å². The zero-order chi connectivity index (χ0) is 14.8. The van der Waals surface area contributed by atoms with Crippen molar-refractivity contribution < 1.29 is 0 Å². The van der Waals surface area contributed by atoms with E-state index in [-0.39, 0.29) is 5.54 Å². The van der Waals surface area contributed by atoms with E-state index in [1.165, 1.54) is 19.6 Å². The largest absolute Gasteiger partial charge is 0.311 e. The Morgan fingerprint density at radius 2 is 1.47 bits per heavy atom. The molecular formula is C16H35N3. The van der Waals surface area contributed by atoms with Crippen molar-refractivity contribution in [2.24, 2.45) is 5.41 Å². The molecule has 3 heteroatoms. The lowest BCUT2D eigenvalue weighted by molar-refractivity contribution is 0.0372. The molecule has 0 aromatic rings. The molecule has 1 aliphatic heterocycles. The smallest absolute Gasteiger partial charge is 0.0195 e. The molecule has 0 aromatic heterocycles. The molecule has 19 heavy (non-hydrogen) atoms. The molecule has 0 amide bonds. The highest BCUT2D eigenvalue weighted by molar-refractivity contribution is 4.87. The average molecular weight is 269 g/mol. The van der Waals surface area contributed by atoms with E-state index < -0.39 is 0 Å². The van der Waals surface area contributed by atoms with Crippen molar-refractivity contribution in [2.45, 2.75) is 66.1 Å². The van der Waals surface area contributed by atoms with Crippen molar-refractivity contribution in [3.05, 3.63) is 0 Å². The molecule has 0 aromatic carbocycles. The van der Waals surface area contributed by atoms with E-state index in [0.717, 1.165) is 6.54 Å². The summed E-state index contributed by atoms with van der Waals surface area (Å²) in [7, 11) is 2.25. The van der Waals surface area contributed by atoms with Gasteiger partial charge in [0.1, 0.15) is 0 Å². The van der Waals surface area contributed by atoms with Crippen LogP contribution in [0, 0.1) is 5.41 Å². The van der Waals surface area contributed by atoms with Crippen molar-refractivity contribution in [1.29, 1.82) is 0 Å². The molecule has 2 unspecified atom stereocenters. The van der Waals surface area contributed by atoms with Gasteiger partial charge in [0.15, 0.2) is 0 Å². The molecule has 0 spiro atoms. The number of hydrogen-bond donors (Lipinski definition) is 1. The topological polar surface area (TPSA) is 18.5 Å². The summed E-state index contributed by atoms with van der Waals surface area (Å²) in [6.45, 7) is 20.8. The van der Waals surface area contributed by atoms with Gasteiger partial charge in [0.05, 0.1) is 0 Å². The third-order valence-electron chi connectivity index (χ3n) is 4.18. The summed E-state index contributed by atoms with van der Waals surface area (Å²) in [5.41, 5.74) is 0.530. The van der Waals surface area contributed by atoms with Gasteiger partial charge < -0.3 is 5.32 Å². The van der Waals surface area contributed by atoms with E-state index in [2.05, 4.69) is 70.6 Å². The monoisotopic (exact) mass is 269 g/mol. The van der Waals surface area contributed by atoms with Crippen LogP contribution in [-0.2, 0) is 0 Å². The fourth-order valence-corrected chi connectivity index (χ4v) is 2.81. The van der Waals surface area contributed by atoms with Gasteiger partial charge in [-0.1, -0.05) is 13.8 Å². The van der Waals surface area contributed by atoms with Gasteiger partial charge in [0.25, 0.3) is 0 Å². The number of rotatable bonds is 4. The maximum absolute atomic E-state index is 3.65. The van der Waals surface area contributed by atoms with Crippen LogP contribution in [0.2, 0.25) is 0 Å². The summed E-state index contributed by atoms with van der Waals surface area (Å²) in [4.78, 5) is 5.14. The highest BCUT2D eigenvalue weighted by Gasteiger charge is 2.30. The summed E-state index contributed by atoms with van der Waals surface area (Å²) in [5, 5.41) is 3.65. The lowest BCUT2D eigenvalue weighted by atomic mass is 9.90. The Bertz CT molecular complexity index is 268. The van der Waals surface area contributed by atoms with E-state index in [9.17, 15) is 0 Å². The first-order chi connectivity index (χ1) is 8.50. The normalized spacial score (nSPS) is 27.8. The van der Waals surface area contributed by atoms with E-state index in [1.54, 1.807) is 0 Å². The highest BCUT2D eigenvalue weighted by atomic mass is 15.3. The second-order valence-corrected chi connectivity index (χ2v) is 8.33. The lowest BCUT2D eigenvalue weighted by Gasteiger charge is -2.45. The molecule has 1 N–H and O–H groups in total. The first kappa shape index (κ1) is 16.9. The number of nitrogens with one attached hydrogen (secondary N) is 1. The van der Waals surface area contributed by atoms with Crippen LogP contribution < -0.4 is 5.32 Å². The Morgan fingerprint density at radius 3 is 1.89 bits per heavy atom. The molecule has 2 atom stereocenters. The second kappa shape index (κ2) is 6.11. The van der Waals surface area contributed by atoms with Gasteiger partial charge in [-0.3, -0.25) is 9.80 Å². The van der Waals surface area contributed by atoms with Gasteiger partial charge in [-0.05, 0) is 47.1 Å². The number of hydrogen-bond acceptors (Lipinski definition) is 3. The fourth-order valence-electron chi connectivity index (χ4n) is 2.81. The molecule has 1 heterocycles. The standard InChI is InChI=1S/C16H35N3/c1-13-9-19(10-14(2)18(13)8)12-16(6,7)11-17-15(3,4)5/h13-14,17H,9-12H2,1-8H3. The lowest BCUT2D eigenvalue weighted by Crippen LogP contribution is -2.57. The van der Waals surface area contributed by atoms with Crippen molar-refractivity contribution in [3.8, 4) is 0 Å². The second-order valence-electron chi connectivity index (χ2n) is 8.33. The molecule has 1 aliphatic rings. The SMILES string of the molecule is CC1CN(CC(C)(C)CNC(C)(C)C)CC(C)N1C. The Morgan fingerprint density at radius 1 is 1.00 bits per heavy atom. The van der Waals surface area contributed by atoms with E-state index >= 15 is 0 Å². The molecule has 0 radical (unpaired) electrons. The van der Waals surface area contributed by atoms with Crippen molar-refractivity contribution >= 4 is 0 Å². The van der Waals surface area contributed by atoms with Crippen molar-refractivity contribution in [2.75, 3.05) is 33.2 Å². The molecule has 1 rings (SSSR count). The minimum Gasteiger partial charge on any atom is -0.311 e. The van der Waals surface area contributed by atoms with Crippen molar-refractivity contribution in [3.63, 3.8) is 0 Å². The van der Waals surface area contributed by atoms with Crippen LogP contribution in [0.15, 0.2) is 0 Å². The maximum atomic E-state index is 3.65. The predicted octanol–water partition coefficient (Wildman–Crippen LogP) is 2.43. The molecule has 1 saturated heterocycles. The van der Waals surface area contributed by atoms with Gasteiger partial charge in [0, 0.05) is 43.8 Å².